The van der Waals surface area contributed by atoms with Crippen molar-refractivity contribution in [2.45, 2.75) is 0 Å². The fourth-order valence-electron chi connectivity index (χ4n) is 1.47. The summed E-state index contributed by atoms with van der Waals surface area (Å²) in [6.45, 7) is 0. The average molecular weight is 225 g/mol. The first kappa shape index (κ1) is 12.7. The number of fused-ring (bicyclic) bond motifs is 1. The molecule has 0 saturated heterocycles. The summed E-state index contributed by atoms with van der Waals surface area (Å²) in [5.41, 5.74) is 0.422. The normalized spacial score (nSPS) is 11.1. The van der Waals surface area contributed by atoms with Gasteiger partial charge in [0.05, 0.1) is 0 Å². The molecule has 0 aliphatic rings. The van der Waals surface area contributed by atoms with E-state index < -0.39 is 5.90 Å². The van der Waals surface area contributed by atoms with E-state index in [0.29, 0.717) is 5.56 Å². The van der Waals surface area contributed by atoms with Gasteiger partial charge in [-0.15, -0.1) is 5.16 Å². The summed E-state index contributed by atoms with van der Waals surface area (Å²) < 4.78 is 0. The van der Waals surface area contributed by atoms with Crippen LogP contribution in [0.15, 0.2) is 47.6 Å². The van der Waals surface area contributed by atoms with Gasteiger partial charge in [-0.3, -0.25) is 0 Å². The minimum Gasteiger partial charge on any atom is -0.856 e. The quantitative estimate of drug-likeness (QED) is 0.208. The van der Waals surface area contributed by atoms with Crippen molar-refractivity contribution in [1.29, 1.82) is 0 Å². The largest absolute Gasteiger partial charge is 1.00 e. The third-order valence-electron chi connectivity index (χ3n) is 2.11. The van der Waals surface area contributed by atoms with Crippen LogP contribution in [0.3, 0.4) is 0 Å². The van der Waals surface area contributed by atoms with E-state index in [4.69, 9.17) is 5.21 Å². The van der Waals surface area contributed by atoms with Gasteiger partial charge < -0.3 is 10.3 Å². The summed E-state index contributed by atoms with van der Waals surface area (Å²) in [5, 5.41) is 24.1. The van der Waals surface area contributed by atoms with E-state index in [1.165, 1.54) is 0 Å². The molecule has 0 bridgehead atoms. The van der Waals surface area contributed by atoms with E-state index in [1.54, 1.807) is 12.1 Å². The van der Waals surface area contributed by atoms with Crippen LogP contribution in [0, 0.1) is 0 Å². The van der Waals surface area contributed by atoms with E-state index in [9.17, 15) is 5.11 Å². The first-order chi connectivity index (χ1) is 6.83. The Kier molecular flexibility index (Phi) is 4.75. The molecule has 2 rings (SSSR count). The Morgan fingerprint density at radius 2 is 1.73 bits per heavy atom. The third kappa shape index (κ3) is 2.59. The van der Waals surface area contributed by atoms with Crippen molar-refractivity contribution in [2.75, 3.05) is 0 Å². The molecule has 0 fully saturated rings. The minimum absolute atomic E-state index is 0. The number of hydrogen-bond acceptors (Lipinski definition) is 3. The summed E-state index contributed by atoms with van der Waals surface area (Å²) in [5.74, 6) is -0.609. The zero-order valence-electron chi connectivity index (χ0n) is 8.34. The molecular formula is C11H8KNO2. The molecule has 0 aliphatic carbocycles. The molecule has 0 aromatic heterocycles. The molecule has 0 radical (unpaired) electrons. The Bertz CT molecular complexity index is 491. The summed E-state index contributed by atoms with van der Waals surface area (Å²) in [6, 6.07) is 12.8. The Hall–Kier alpha value is -0.394. The van der Waals surface area contributed by atoms with Crippen molar-refractivity contribution in [1.82, 2.24) is 0 Å². The van der Waals surface area contributed by atoms with Crippen molar-refractivity contribution in [3.8, 4) is 0 Å². The van der Waals surface area contributed by atoms with Crippen LogP contribution >= 0.6 is 0 Å². The summed E-state index contributed by atoms with van der Waals surface area (Å²) >= 11 is 0. The molecule has 15 heavy (non-hydrogen) atoms. The number of nitrogens with zero attached hydrogens (tertiary/aromatic N) is 1. The number of hydrogen-bond donors (Lipinski definition) is 1. The zero-order valence-corrected chi connectivity index (χ0v) is 11.5. The molecule has 0 amide bonds. The van der Waals surface area contributed by atoms with Gasteiger partial charge in [0, 0.05) is 5.90 Å². The van der Waals surface area contributed by atoms with Crippen LogP contribution in [0.2, 0.25) is 0 Å². The van der Waals surface area contributed by atoms with Crippen LogP contribution in [0.4, 0.5) is 0 Å². The molecular weight excluding hydrogens is 217 g/mol. The van der Waals surface area contributed by atoms with Crippen LogP contribution in [0.25, 0.3) is 10.8 Å². The predicted molar refractivity (Wildman–Crippen MR) is 52.3 cm³/mol. The fourth-order valence-corrected chi connectivity index (χ4v) is 1.47. The monoisotopic (exact) mass is 225 g/mol. The topological polar surface area (TPSA) is 55.7 Å². The van der Waals surface area contributed by atoms with Gasteiger partial charge in [-0.2, -0.15) is 0 Å². The first-order valence-corrected chi connectivity index (χ1v) is 4.20. The smallest absolute Gasteiger partial charge is 0.856 e. The van der Waals surface area contributed by atoms with E-state index in [1.807, 2.05) is 30.3 Å². The molecule has 4 heteroatoms. The molecule has 70 valence electrons. The van der Waals surface area contributed by atoms with Gasteiger partial charge in [0.15, 0.2) is 0 Å². The van der Waals surface area contributed by atoms with Gasteiger partial charge in [-0.1, -0.05) is 42.5 Å². The van der Waals surface area contributed by atoms with Crippen molar-refractivity contribution >= 4 is 16.7 Å². The molecule has 0 aliphatic heterocycles. The minimum atomic E-state index is -0.609. The number of oxime groups is 1. The maximum atomic E-state index is 11.2. The van der Waals surface area contributed by atoms with Crippen LogP contribution < -0.4 is 56.5 Å². The maximum Gasteiger partial charge on any atom is 1.00 e. The van der Waals surface area contributed by atoms with Crippen LogP contribution in [-0.2, 0) is 0 Å². The molecule has 0 unspecified atom stereocenters. The SMILES string of the molecule is [K+].[O-]C(=NO)c1cccc2ccccc12. The Morgan fingerprint density at radius 3 is 2.47 bits per heavy atom. The van der Waals surface area contributed by atoms with Crippen molar-refractivity contribution in [3.05, 3.63) is 48.0 Å². The molecule has 1 N–H and O–H groups in total. The van der Waals surface area contributed by atoms with Crippen LogP contribution in [0.1, 0.15) is 5.56 Å². The van der Waals surface area contributed by atoms with Gasteiger partial charge >= 0.3 is 51.4 Å². The number of rotatable bonds is 1. The first-order valence-electron chi connectivity index (χ1n) is 4.20. The summed E-state index contributed by atoms with van der Waals surface area (Å²) in [7, 11) is 0. The van der Waals surface area contributed by atoms with E-state index in [2.05, 4.69) is 5.16 Å². The second-order valence-electron chi connectivity index (χ2n) is 2.93. The van der Waals surface area contributed by atoms with Gasteiger partial charge in [0.2, 0.25) is 0 Å². The Labute approximate surface area is 130 Å². The second-order valence-corrected chi connectivity index (χ2v) is 2.93. The molecule has 3 nitrogen and oxygen atoms in total. The molecule has 2 aromatic rings. The van der Waals surface area contributed by atoms with Gasteiger partial charge in [0.1, 0.15) is 0 Å². The van der Waals surface area contributed by atoms with Crippen LogP contribution in [-0.4, -0.2) is 11.1 Å². The molecule has 0 heterocycles. The van der Waals surface area contributed by atoms with Crippen molar-refractivity contribution in [2.24, 2.45) is 5.16 Å². The Morgan fingerprint density at radius 1 is 1.07 bits per heavy atom. The summed E-state index contributed by atoms with van der Waals surface area (Å²) in [6.07, 6.45) is 0. The van der Waals surface area contributed by atoms with Gasteiger partial charge in [-0.05, 0) is 16.3 Å². The molecule has 0 saturated carbocycles. The average Bonchev–Trinajstić information content (AvgIpc) is 2.27. The standard InChI is InChI=1S/C11H9NO2.K/c13-11(12-14)10-7-3-5-8-4-1-2-6-9(8)10;/h1-7,14H,(H,12,13);/q;+1/p-1. The molecule has 0 spiro atoms. The van der Waals surface area contributed by atoms with E-state index in [0.717, 1.165) is 10.8 Å². The zero-order chi connectivity index (χ0) is 9.97. The van der Waals surface area contributed by atoms with Crippen molar-refractivity contribution < 1.29 is 61.7 Å². The van der Waals surface area contributed by atoms with Crippen LogP contribution in [0.5, 0.6) is 0 Å². The molecule has 2 aromatic carbocycles. The van der Waals surface area contributed by atoms with Gasteiger partial charge in [-0.25, -0.2) is 0 Å². The fraction of sp³-hybridized carbons (Fsp3) is 0. The number of benzene rings is 2. The van der Waals surface area contributed by atoms with Crippen molar-refractivity contribution in [3.63, 3.8) is 0 Å². The van der Waals surface area contributed by atoms with Gasteiger partial charge in [0.25, 0.3) is 0 Å². The third-order valence-corrected chi connectivity index (χ3v) is 2.11. The predicted octanol–water partition coefficient (Wildman–Crippen LogP) is -1.66. The maximum absolute atomic E-state index is 11.2. The second kappa shape index (κ2) is 5.63. The summed E-state index contributed by atoms with van der Waals surface area (Å²) in [4.78, 5) is 0. The van der Waals surface area contributed by atoms with E-state index in [-0.39, 0.29) is 51.4 Å². The van der Waals surface area contributed by atoms with E-state index >= 15 is 0 Å². The molecule has 0 atom stereocenters. The Balaban J connectivity index is 0.00000112.